The van der Waals surface area contributed by atoms with Crippen molar-refractivity contribution in [3.8, 4) is 0 Å². The zero-order valence-corrected chi connectivity index (χ0v) is 16.9. The topological polar surface area (TPSA) is 64.0 Å². The van der Waals surface area contributed by atoms with E-state index in [0.717, 1.165) is 23.2 Å². The van der Waals surface area contributed by atoms with E-state index in [2.05, 4.69) is 10.4 Å². The van der Waals surface area contributed by atoms with Crippen LogP contribution in [0.1, 0.15) is 26.4 Å². The fraction of sp³-hybridized carbons (Fsp3) is 0.0870. The fourth-order valence-corrected chi connectivity index (χ4v) is 3.36. The summed E-state index contributed by atoms with van der Waals surface area (Å²) in [5.41, 5.74) is 1.56. The molecular formula is C23H16ClF2N3O2. The lowest BCUT2D eigenvalue weighted by atomic mass is 10.1. The molecule has 0 saturated carbocycles. The molecule has 1 aromatic heterocycles. The van der Waals surface area contributed by atoms with Crippen LogP contribution in [0.2, 0.25) is 5.02 Å². The van der Waals surface area contributed by atoms with Crippen LogP contribution in [-0.4, -0.2) is 28.0 Å². The van der Waals surface area contributed by atoms with E-state index in [1.807, 2.05) is 24.3 Å². The maximum Gasteiger partial charge on any atom is 0.272 e. The summed E-state index contributed by atoms with van der Waals surface area (Å²) in [5.74, 6) is -2.99. The lowest BCUT2D eigenvalue weighted by Gasteiger charge is -2.05. The normalized spacial score (nSPS) is 10.9. The van der Waals surface area contributed by atoms with Gasteiger partial charge in [-0.3, -0.25) is 14.3 Å². The number of carbonyl (C=O) groups excluding carboxylic acids is 2. The summed E-state index contributed by atoms with van der Waals surface area (Å²) >= 11 is 5.93. The van der Waals surface area contributed by atoms with E-state index in [4.69, 9.17) is 11.6 Å². The van der Waals surface area contributed by atoms with Gasteiger partial charge in [-0.25, -0.2) is 8.78 Å². The first-order valence-electron chi connectivity index (χ1n) is 9.39. The molecule has 1 N–H and O–H groups in total. The molecule has 4 aromatic rings. The maximum absolute atomic E-state index is 13.8. The third-order valence-corrected chi connectivity index (χ3v) is 5.01. The summed E-state index contributed by atoms with van der Waals surface area (Å²) in [6.07, 6.45) is 0. The molecule has 0 unspecified atom stereocenters. The molecule has 0 saturated heterocycles. The first-order valence-corrected chi connectivity index (χ1v) is 9.76. The van der Waals surface area contributed by atoms with Crippen molar-refractivity contribution < 1.29 is 18.4 Å². The Morgan fingerprint density at radius 2 is 1.74 bits per heavy atom. The van der Waals surface area contributed by atoms with Crippen molar-refractivity contribution in [1.29, 1.82) is 0 Å². The number of Topliss-reactive ketones (excluding diaryl/α,β-unsaturated/α-hetero) is 1. The molecule has 31 heavy (non-hydrogen) atoms. The molecule has 1 heterocycles. The van der Waals surface area contributed by atoms with Gasteiger partial charge in [-0.15, -0.1) is 0 Å². The van der Waals surface area contributed by atoms with Gasteiger partial charge in [-0.2, -0.15) is 5.10 Å². The van der Waals surface area contributed by atoms with Gasteiger partial charge < -0.3 is 5.32 Å². The quantitative estimate of drug-likeness (QED) is 0.445. The van der Waals surface area contributed by atoms with E-state index >= 15 is 0 Å². The summed E-state index contributed by atoms with van der Waals surface area (Å²) in [6.45, 7) is -0.0234. The van der Waals surface area contributed by atoms with Crippen molar-refractivity contribution in [1.82, 2.24) is 15.1 Å². The summed E-state index contributed by atoms with van der Waals surface area (Å²) < 4.78 is 28.5. The smallest absolute Gasteiger partial charge is 0.272 e. The van der Waals surface area contributed by atoms with Crippen LogP contribution in [0.25, 0.3) is 10.9 Å². The van der Waals surface area contributed by atoms with Crippen LogP contribution < -0.4 is 5.32 Å². The molecule has 0 radical (unpaired) electrons. The Morgan fingerprint density at radius 3 is 2.48 bits per heavy atom. The Hall–Kier alpha value is -3.58. The standard InChI is InChI=1S/C23H16ClF2N3O2/c24-15-7-5-14(6-8-15)13-29-20-4-2-1-3-18(20)22(28-29)23(31)27-12-21(30)17-10-9-16(25)11-19(17)26/h1-11H,12-13H2,(H,27,31). The average Bonchev–Trinajstić information content (AvgIpc) is 3.12. The minimum atomic E-state index is -0.975. The highest BCUT2D eigenvalue weighted by Gasteiger charge is 2.19. The number of halogens is 3. The Kier molecular flexibility index (Phi) is 5.77. The summed E-state index contributed by atoms with van der Waals surface area (Å²) in [5, 5.41) is 8.14. The molecule has 0 fully saturated rings. The number of fused-ring (bicyclic) bond motifs is 1. The lowest BCUT2D eigenvalue weighted by molar-refractivity contribution is 0.0899. The zero-order chi connectivity index (χ0) is 22.0. The number of amides is 1. The predicted molar refractivity (Wildman–Crippen MR) is 113 cm³/mol. The number of aromatic nitrogens is 2. The van der Waals surface area contributed by atoms with Gasteiger partial charge in [-0.05, 0) is 35.9 Å². The molecule has 0 aliphatic rings. The van der Waals surface area contributed by atoms with Crippen LogP contribution in [0, 0.1) is 11.6 Å². The maximum atomic E-state index is 13.8. The van der Waals surface area contributed by atoms with Crippen LogP contribution in [0.5, 0.6) is 0 Å². The molecule has 0 aliphatic heterocycles. The number of ketones is 1. The number of benzene rings is 3. The predicted octanol–water partition coefficient (Wildman–Crippen LogP) is 4.63. The molecule has 0 aliphatic carbocycles. The molecule has 0 spiro atoms. The van der Waals surface area contributed by atoms with E-state index in [0.29, 0.717) is 23.0 Å². The number of hydrogen-bond donors (Lipinski definition) is 1. The monoisotopic (exact) mass is 439 g/mol. The highest BCUT2D eigenvalue weighted by molar-refractivity contribution is 6.30. The zero-order valence-electron chi connectivity index (χ0n) is 16.1. The van der Waals surface area contributed by atoms with Crippen molar-refractivity contribution in [2.75, 3.05) is 6.54 Å². The molecule has 156 valence electrons. The van der Waals surface area contributed by atoms with E-state index < -0.39 is 29.9 Å². The minimum absolute atomic E-state index is 0.150. The van der Waals surface area contributed by atoms with Gasteiger partial charge in [-0.1, -0.05) is 41.9 Å². The van der Waals surface area contributed by atoms with Gasteiger partial charge in [0.1, 0.15) is 11.6 Å². The number of para-hydroxylation sites is 1. The first-order chi connectivity index (χ1) is 14.9. The highest BCUT2D eigenvalue weighted by Crippen LogP contribution is 2.20. The van der Waals surface area contributed by atoms with Gasteiger partial charge in [0.05, 0.1) is 24.2 Å². The van der Waals surface area contributed by atoms with E-state index in [-0.39, 0.29) is 11.3 Å². The molecule has 4 rings (SSSR count). The second kappa shape index (κ2) is 8.65. The number of nitrogens with one attached hydrogen (secondary N) is 1. The molecule has 0 atom stereocenters. The fourth-order valence-electron chi connectivity index (χ4n) is 3.23. The van der Waals surface area contributed by atoms with Crippen LogP contribution in [0.4, 0.5) is 8.78 Å². The van der Waals surface area contributed by atoms with Crippen molar-refractivity contribution in [3.05, 3.63) is 100 Å². The van der Waals surface area contributed by atoms with E-state index in [1.165, 1.54) is 0 Å². The van der Waals surface area contributed by atoms with E-state index in [9.17, 15) is 18.4 Å². The molecule has 0 bridgehead atoms. The van der Waals surface area contributed by atoms with Crippen LogP contribution >= 0.6 is 11.6 Å². The molecular weight excluding hydrogens is 424 g/mol. The number of nitrogens with zero attached hydrogens (tertiary/aromatic N) is 2. The molecule has 8 heteroatoms. The number of carbonyl (C=O) groups is 2. The Bertz CT molecular complexity index is 1290. The van der Waals surface area contributed by atoms with E-state index in [1.54, 1.807) is 28.9 Å². The van der Waals surface area contributed by atoms with Crippen molar-refractivity contribution in [3.63, 3.8) is 0 Å². The van der Waals surface area contributed by atoms with Gasteiger partial charge in [0.15, 0.2) is 11.5 Å². The second-order valence-electron chi connectivity index (χ2n) is 6.88. The number of rotatable bonds is 6. The summed E-state index contributed by atoms with van der Waals surface area (Å²) in [4.78, 5) is 25.0. The third-order valence-electron chi connectivity index (χ3n) is 4.76. The minimum Gasteiger partial charge on any atom is -0.343 e. The Balaban J connectivity index is 1.55. The van der Waals surface area contributed by atoms with Crippen LogP contribution in [0.3, 0.4) is 0 Å². The highest BCUT2D eigenvalue weighted by atomic mass is 35.5. The summed E-state index contributed by atoms with van der Waals surface area (Å²) in [6, 6.07) is 17.2. The van der Waals surface area contributed by atoms with Crippen molar-refractivity contribution >= 4 is 34.2 Å². The third kappa shape index (κ3) is 4.46. The van der Waals surface area contributed by atoms with Crippen LogP contribution in [0.15, 0.2) is 66.7 Å². The average molecular weight is 440 g/mol. The van der Waals surface area contributed by atoms with Gasteiger partial charge in [0.25, 0.3) is 5.91 Å². The van der Waals surface area contributed by atoms with Gasteiger partial charge in [0.2, 0.25) is 0 Å². The van der Waals surface area contributed by atoms with Crippen molar-refractivity contribution in [2.24, 2.45) is 0 Å². The van der Waals surface area contributed by atoms with Crippen molar-refractivity contribution in [2.45, 2.75) is 6.54 Å². The molecule has 1 amide bonds. The molecule has 5 nitrogen and oxygen atoms in total. The van der Waals surface area contributed by atoms with Crippen LogP contribution in [-0.2, 0) is 6.54 Å². The summed E-state index contributed by atoms with van der Waals surface area (Å²) in [7, 11) is 0. The lowest BCUT2D eigenvalue weighted by Crippen LogP contribution is -2.30. The second-order valence-corrected chi connectivity index (χ2v) is 7.32. The Labute approximate surface area is 181 Å². The number of hydrogen-bond acceptors (Lipinski definition) is 3. The first kappa shape index (κ1) is 20.7. The SMILES string of the molecule is O=C(CNC(=O)c1nn(Cc2ccc(Cl)cc2)c2ccccc12)c1ccc(F)cc1F. The Morgan fingerprint density at radius 1 is 1.00 bits per heavy atom. The largest absolute Gasteiger partial charge is 0.343 e. The van der Waals surface area contributed by atoms with Gasteiger partial charge >= 0.3 is 0 Å². The molecule has 3 aromatic carbocycles. The van der Waals surface area contributed by atoms with Gasteiger partial charge in [0, 0.05) is 16.5 Å².